The summed E-state index contributed by atoms with van der Waals surface area (Å²) in [6.07, 6.45) is 0.823. The van der Waals surface area contributed by atoms with E-state index in [1.54, 1.807) is 0 Å². The molecule has 17 heavy (non-hydrogen) atoms. The Morgan fingerprint density at radius 3 is 2.76 bits per heavy atom. The van der Waals surface area contributed by atoms with Crippen LogP contribution in [0.4, 0.5) is 0 Å². The topological polar surface area (TPSA) is 54.9 Å². The predicted molar refractivity (Wildman–Crippen MR) is 67.1 cm³/mol. The van der Waals surface area contributed by atoms with Crippen LogP contribution in [0.2, 0.25) is 0 Å². The van der Waals surface area contributed by atoms with E-state index in [-0.39, 0.29) is 5.91 Å². The molecular formula is C12H13N3OS. The lowest BCUT2D eigenvalue weighted by Gasteiger charge is -2.03. The van der Waals surface area contributed by atoms with Crippen LogP contribution in [0.25, 0.3) is 0 Å². The van der Waals surface area contributed by atoms with Crippen molar-refractivity contribution in [3.63, 3.8) is 0 Å². The number of rotatable bonds is 4. The third kappa shape index (κ3) is 3.10. The highest BCUT2D eigenvalue weighted by Crippen LogP contribution is 2.07. The van der Waals surface area contributed by atoms with Crippen molar-refractivity contribution in [1.29, 1.82) is 0 Å². The van der Waals surface area contributed by atoms with E-state index in [4.69, 9.17) is 0 Å². The highest BCUT2D eigenvalue weighted by molar-refractivity contribution is 7.05. The maximum atomic E-state index is 11.7. The Bertz CT molecular complexity index is 495. The predicted octanol–water partition coefficient (Wildman–Crippen LogP) is 1.82. The number of aromatic nitrogens is 2. The van der Waals surface area contributed by atoms with Crippen LogP contribution in [-0.2, 0) is 6.42 Å². The van der Waals surface area contributed by atoms with Crippen molar-refractivity contribution < 1.29 is 4.79 Å². The molecule has 0 atom stereocenters. The molecule has 1 amide bonds. The van der Waals surface area contributed by atoms with Gasteiger partial charge in [0.15, 0.2) is 5.69 Å². The first-order valence-electron chi connectivity index (χ1n) is 5.38. The normalized spacial score (nSPS) is 10.2. The summed E-state index contributed by atoms with van der Waals surface area (Å²) >= 11 is 1.24. The Morgan fingerprint density at radius 2 is 2.12 bits per heavy atom. The molecule has 0 bridgehead atoms. The van der Waals surface area contributed by atoms with Crippen LogP contribution >= 0.6 is 11.5 Å². The number of aryl methyl sites for hydroxylation is 1. The van der Waals surface area contributed by atoms with E-state index >= 15 is 0 Å². The van der Waals surface area contributed by atoms with E-state index < -0.39 is 0 Å². The second kappa shape index (κ2) is 5.54. The van der Waals surface area contributed by atoms with Crippen LogP contribution in [0, 0.1) is 6.92 Å². The molecule has 0 radical (unpaired) electrons. The van der Waals surface area contributed by atoms with Gasteiger partial charge >= 0.3 is 0 Å². The molecule has 1 aromatic carbocycles. The van der Waals surface area contributed by atoms with Gasteiger partial charge in [-0.3, -0.25) is 4.79 Å². The van der Waals surface area contributed by atoms with Gasteiger partial charge in [0.05, 0.1) is 4.88 Å². The minimum atomic E-state index is -0.146. The highest BCUT2D eigenvalue weighted by Gasteiger charge is 2.12. The summed E-state index contributed by atoms with van der Waals surface area (Å²) in [5, 5.41) is 6.64. The Morgan fingerprint density at radius 1 is 1.35 bits per heavy atom. The van der Waals surface area contributed by atoms with Crippen molar-refractivity contribution in [1.82, 2.24) is 14.9 Å². The van der Waals surface area contributed by atoms with Gasteiger partial charge in [-0.15, -0.1) is 5.10 Å². The molecule has 5 heteroatoms. The van der Waals surface area contributed by atoms with Gasteiger partial charge in [0.2, 0.25) is 0 Å². The number of benzene rings is 1. The third-order valence-corrected chi connectivity index (χ3v) is 3.04. The Labute approximate surface area is 104 Å². The van der Waals surface area contributed by atoms with Crippen molar-refractivity contribution in [2.45, 2.75) is 13.3 Å². The van der Waals surface area contributed by atoms with Crippen molar-refractivity contribution in [2.75, 3.05) is 6.54 Å². The SMILES string of the molecule is Cc1snnc1C(=O)NCCc1ccccc1. The summed E-state index contributed by atoms with van der Waals surface area (Å²) in [5.41, 5.74) is 1.64. The van der Waals surface area contributed by atoms with Crippen molar-refractivity contribution in [3.8, 4) is 0 Å². The molecule has 0 spiro atoms. The van der Waals surface area contributed by atoms with Crippen LogP contribution < -0.4 is 5.32 Å². The van der Waals surface area contributed by atoms with Crippen LogP contribution in [0.3, 0.4) is 0 Å². The van der Waals surface area contributed by atoms with Gasteiger partial charge in [-0.25, -0.2) is 0 Å². The first-order valence-corrected chi connectivity index (χ1v) is 6.16. The standard InChI is InChI=1S/C12H13N3OS/c1-9-11(14-15-17-9)12(16)13-8-7-10-5-3-2-4-6-10/h2-6H,7-8H2,1H3,(H,13,16). The summed E-state index contributed by atoms with van der Waals surface area (Å²) < 4.78 is 3.74. The van der Waals surface area contributed by atoms with Gasteiger partial charge in [-0.2, -0.15) is 0 Å². The van der Waals surface area contributed by atoms with Crippen molar-refractivity contribution in [2.24, 2.45) is 0 Å². The quantitative estimate of drug-likeness (QED) is 0.896. The average molecular weight is 247 g/mol. The smallest absolute Gasteiger partial charge is 0.273 e. The molecule has 0 aliphatic rings. The largest absolute Gasteiger partial charge is 0.350 e. The van der Waals surface area contributed by atoms with Gasteiger partial charge in [0.1, 0.15) is 0 Å². The summed E-state index contributed by atoms with van der Waals surface area (Å²) in [5.74, 6) is -0.146. The second-order valence-electron chi connectivity index (χ2n) is 3.67. The first kappa shape index (κ1) is 11.7. The number of nitrogens with one attached hydrogen (secondary N) is 1. The molecule has 0 saturated heterocycles. The zero-order valence-electron chi connectivity index (χ0n) is 9.51. The van der Waals surface area contributed by atoms with Crippen LogP contribution in [0.1, 0.15) is 20.9 Å². The lowest BCUT2D eigenvalue weighted by molar-refractivity contribution is 0.0948. The van der Waals surface area contributed by atoms with E-state index in [0.717, 1.165) is 11.3 Å². The molecule has 2 aromatic rings. The first-order chi connectivity index (χ1) is 8.27. The maximum absolute atomic E-state index is 11.7. The molecule has 1 N–H and O–H groups in total. The molecule has 4 nitrogen and oxygen atoms in total. The zero-order chi connectivity index (χ0) is 12.1. The highest BCUT2D eigenvalue weighted by atomic mass is 32.1. The molecule has 0 aliphatic carbocycles. The Kier molecular flexibility index (Phi) is 3.82. The van der Waals surface area contributed by atoms with E-state index in [1.165, 1.54) is 17.1 Å². The molecule has 88 valence electrons. The van der Waals surface area contributed by atoms with E-state index in [9.17, 15) is 4.79 Å². The number of carbonyl (C=O) groups excluding carboxylic acids is 1. The molecular weight excluding hydrogens is 234 g/mol. The molecule has 0 unspecified atom stereocenters. The monoisotopic (exact) mass is 247 g/mol. The lowest BCUT2D eigenvalue weighted by atomic mass is 10.1. The Balaban J connectivity index is 1.84. The van der Waals surface area contributed by atoms with Crippen molar-refractivity contribution >= 4 is 17.4 Å². The molecule has 1 heterocycles. The summed E-state index contributed by atoms with van der Waals surface area (Å²) in [4.78, 5) is 12.6. The minimum Gasteiger partial charge on any atom is -0.350 e. The van der Waals surface area contributed by atoms with Crippen LogP contribution in [0.5, 0.6) is 0 Å². The second-order valence-corrected chi connectivity index (χ2v) is 4.63. The fourth-order valence-electron chi connectivity index (χ4n) is 1.49. The van der Waals surface area contributed by atoms with E-state index in [2.05, 4.69) is 14.9 Å². The number of nitrogens with zero attached hydrogens (tertiary/aromatic N) is 2. The molecule has 2 rings (SSSR count). The third-order valence-electron chi connectivity index (χ3n) is 2.41. The van der Waals surface area contributed by atoms with E-state index in [1.807, 2.05) is 37.3 Å². The number of amides is 1. The van der Waals surface area contributed by atoms with E-state index in [0.29, 0.717) is 12.2 Å². The lowest BCUT2D eigenvalue weighted by Crippen LogP contribution is -2.26. The van der Waals surface area contributed by atoms with Gasteiger partial charge in [0.25, 0.3) is 5.91 Å². The van der Waals surface area contributed by atoms with Crippen LogP contribution in [0.15, 0.2) is 30.3 Å². The molecule has 0 saturated carbocycles. The van der Waals surface area contributed by atoms with Gasteiger partial charge < -0.3 is 5.32 Å². The fourth-order valence-corrected chi connectivity index (χ4v) is 1.96. The summed E-state index contributed by atoms with van der Waals surface area (Å²) in [7, 11) is 0. The molecule has 0 fully saturated rings. The minimum absolute atomic E-state index is 0.146. The average Bonchev–Trinajstić information content (AvgIpc) is 2.77. The number of carbonyl (C=O) groups is 1. The summed E-state index contributed by atoms with van der Waals surface area (Å²) in [6.45, 7) is 2.45. The van der Waals surface area contributed by atoms with Gasteiger partial charge in [0, 0.05) is 6.54 Å². The van der Waals surface area contributed by atoms with Gasteiger partial charge in [-0.05, 0) is 30.4 Å². The van der Waals surface area contributed by atoms with Crippen LogP contribution in [-0.4, -0.2) is 22.0 Å². The summed E-state index contributed by atoms with van der Waals surface area (Å²) in [6, 6.07) is 10.0. The van der Waals surface area contributed by atoms with Crippen molar-refractivity contribution in [3.05, 3.63) is 46.5 Å². The number of hydrogen-bond donors (Lipinski definition) is 1. The fraction of sp³-hybridized carbons (Fsp3) is 0.250. The zero-order valence-corrected chi connectivity index (χ0v) is 10.3. The molecule has 1 aromatic heterocycles. The maximum Gasteiger partial charge on any atom is 0.273 e. The Hall–Kier alpha value is -1.75. The number of hydrogen-bond acceptors (Lipinski definition) is 4. The van der Waals surface area contributed by atoms with Gasteiger partial charge in [-0.1, -0.05) is 34.8 Å². The molecule has 0 aliphatic heterocycles.